The SMILES string of the molecule is CN1CC2(c3ccc(Cl)c(Cl)c3)CC1(C)CO2. The lowest BCUT2D eigenvalue weighted by Crippen LogP contribution is -2.45. The van der Waals surface area contributed by atoms with Crippen LogP contribution in [0, 0.1) is 0 Å². The first-order chi connectivity index (χ1) is 7.95. The van der Waals surface area contributed by atoms with Crippen LogP contribution in [0.5, 0.6) is 0 Å². The number of ether oxygens (including phenoxy) is 1. The van der Waals surface area contributed by atoms with Crippen LogP contribution in [-0.4, -0.2) is 30.6 Å². The summed E-state index contributed by atoms with van der Waals surface area (Å²) in [6.07, 6.45) is 1.02. The summed E-state index contributed by atoms with van der Waals surface area (Å²) in [4.78, 5) is 2.37. The molecule has 0 saturated carbocycles. The van der Waals surface area contributed by atoms with Crippen LogP contribution in [0.4, 0.5) is 0 Å². The molecule has 2 fully saturated rings. The van der Waals surface area contributed by atoms with Crippen molar-refractivity contribution < 1.29 is 4.74 Å². The number of morpholine rings is 1. The lowest BCUT2D eigenvalue weighted by Gasteiger charge is -2.35. The molecular weight excluding hydrogens is 257 g/mol. The molecule has 2 aliphatic heterocycles. The second-order valence-electron chi connectivity index (χ2n) is 5.44. The lowest BCUT2D eigenvalue weighted by atomic mass is 9.89. The van der Waals surface area contributed by atoms with E-state index in [0.717, 1.165) is 25.1 Å². The minimum absolute atomic E-state index is 0.159. The van der Waals surface area contributed by atoms with Crippen molar-refractivity contribution in [3.63, 3.8) is 0 Å². The van der Waals surface area contributed by atoms with E-state index in [1.165, 1.54) is 0 Å². The summed E-state index contributed by atoms with van der Waals surface area (Å²) in [5.74, 6) is 0. The zero-order valence-corrected chi connectivity index (χ0v) is 11.5. The Morgan fingerprint density at radius 1 is 1.29 bits per heavy atom. The third-order valence-corrected chi connectivity index (χ3v) is 4.92. The Balaban J connectivity index is 2.02. The van der Waals surface area contributed by atoms with E-state index >= 15 is 0 Å². The van der Waals surface area contributed by atoms with Gasteiger partial charge in [-0.25, -0.2) is 0 Å². The van der Waals surface area contributed by atoms with Gasteiger partial charge in [-0.05, 0) is 31.7 Å². The molecule has 2 unspecified atom stereocenters. The van der Waals surface area contributed by atoms with E-state index < -0.39 is 0 Å². The van der Waals surface area contributed by atoms with Crippen LogP contribution >= 0.6 is 23.2 Å². The number of hydrogen-bond donors (Lipinski definition) is 0. The molecule has 2 bridgehead atoms. The molecule has 0 aromatic heterocycles. The average Bonchev–Trinajstić information content (AvgIpc) is 2.74. The Morgan fingerprint density at radius 2 is 2.06 bits per heavy atom. The summed E-state index contributed by atoms with van der Waals surface area (Å²) >= 11 is 12.1. The highest BCUT2D eigenvalue weighted by molar-refractivity contribution is 6.42. The van der Waals surface area contributed by atoms with Crippen molar-refractivity contribution in [2.75, 3.05) is 20.2 Å². The highest BCUT2D eigenvalue weighted by Gasteiger charge is 2.57. The van der Waals surface area contributed by atoms with Gasteiger partial charge in [0.25, 0.3) is 0 Å². The summed E-state index contributed by atoms with van der Waals surface area (Å²) in [7, 11) is 2.15. The van der Waals surface area contributed by atoms with Gasteiger partial charge in [0.05, 0.1) is 16.7 Å². The number of benzene rings is 1. The van der Waals surface area contributed by atoms with Crippen LogP contribution in [-0.2, 0) is 10.3 Å². The first-order valence-corrected chi connectivity index (χ1v) is 6.52. The zero-order chi connectivity index (χ0) is 12.3. The van der Waals surface area contributed by atoms with Crippen molar-refractivity contribution >= 4 is 23.2 Å². The normalized spacial score (nSPS) is 36.7. The van der Waals surface area contributed by atoms with Gasteiger partial charge >= 0.3 is 0 Å². The van der Waals surface area contributed by atoms with E-state index in [2.05, 4.69) is 18.9 Å². The minimum atomic E-state index is -0.197. The van der Waals surface area contributed by atoms with Crippen molar-refractivity contribution in [2.24, 2.45) is 0 Å². The number of rotatable bonds is 1. The molecule has 0 spiro atoms. The molecule has 1 aromatic carbocycles. The van der Waals surface area contributed by atoms with Gasteiger partial charge in [0, 0.05) is 18.5 Å². The Morgan fingerprint density at radius 3 is 2.59 bits per heavy atom. The molecule has 17 heavy (non-hydrogen) atoms. The minimum Gasteiger partial charge on any atom is -0.367 e. The maximum absolute atomic E-state index is 6.09. The summed E-state index contributed by atoms with van der Waals surface area (Å²) in [5.41, 5.74) is 1.10. The number of fused-ring (bicyclic) bond motifs is 2. The average molecular weight is 272 g/mol. The lowest BCUT2D eigenvalue weighted by molar-refractivity contribution is -0.0585. The fourth-order valence-corrected chi connectivity index (χ4v) is 3.29. The second kappa shape index (κ2) is 3.61. The third kappa shape index (κ3) is 1.62. The Bertz CT molecular complexity index is 478. The Labute approximate surface area is 111 Å². The fourth-order valence-electron chi connectivity index (χ4n) is 2.99. The van der Waals surface area contributed by atoms with Crippen molar-refractivity contribution in [3.05, 3.63) is 33.8 Å². The Kier molecular flexibility index (Phi) is 2.50. The predicted octanol–water partition coefficient (Wildman–Crippen LogP) is 3.31. The molecule has 2 nitrogen and oxygen atoms in total. The molecule has 2 atom stereocenters. The molecule has 2 aliphatic rings. The summed E-state index contributed by atoms with van der Waals surface area (Å²) < 4.78 is 6.05. The number of hydrogen-bond acceptors (Lipinski definition) is 2. The summed E-state index contributed by atoms with van der Waals surface area (Å²) in [6, 6.07) is 5.82. The van der Waals surface area contributed by atoms with Crippen LogP contribution in [0.15, 0.2) is 18.2 Å². The second-order valence-corrected chi connectivity index (χ2v) is 6.26. The number of halogens is 2. The van der Waals surface area contributed by atoms with Gasteiger partial charge in [0.2, 0.25) is 0 Å². The van der Waals surface area contributed by atoms with E-state index in [0.29, 0.717) is 10.0 Å². The summed E-state index contributed by atoms with van der Waals surface area (Å²) in [5, 5.41) is 1.20. The van der Waals surface area contributed by atoms with Crippen molar-refractivity contribution in [1.82, 2.24) is 4.90 Å². The van der Waals surface area contributed by atoms with Gasteiger partial charge in [-0.15, -0.1) is 0 Å². The number of likely N-dealkylation sites (tertiary alicyclic amines) is 1. The van der Waals surface area contributed by atoms with Crippen molar-refractivity contribution in [3.8, 4) is 0 Å². The molecule has 0 N–H and O–H groups in total. The molecule has 0 amide bonds. The summed E-state index contributed by atoms with van der Waals surface area (Å²) in [6.45, 7) is 3.95. The molecular formula is C13H15Cl2NO. The predicted molar refractivity (Wildman–Crippen MR) is 69.7 cm³/mol. The number of likely N-dealkylation sites (N-methyl/N-ethyl adjacent to an activating group) is 1. The molecule has 2 saturated heterocycles. The molecule has 1 aromatic rings. The van der Waals surface area contributed by atoms with Gasteiger partial charge < -0.3 is 4.74 Å². The smallest absolute Gasteiger partial charge is 0.108 e. The van der Waals surface area contributed by atoms with E-state index in [9.17, 15) is 0 Å². The highest BCUT2D eigenvalue weighted by atomic mass is 35.5. The van der Waals surface area contributed by atoms with Gasteiger partial charge in [0.15, 0.2) is 0 Å². The monoisotopic (exact) mass is 271 g/mol. The van der Waals surface area contributed by atoms with Gasteiger partial charge in [-0.1, -0.05) is 29.3 Å². The van der Waals surface area contributed by atoms with E-state index in [4.69, 9.17) is 27.9 Å². The third-order valence-electron chi connectivity index (χ3n) is 4.19. The highest BCUT2D eigenvalue weighted by Crippen LogP contribution is 2.50. The van der Waals surface area contributed by atoms with Crippen molar-refractivity contribution in [2.45, 2.75) is 24.5 Å². The van der Waals surface area contributed by atoms with Crippen molar-refractivity contribution in [1.29, 1.82) is 0 Å². The molecule has 0 aliphatic carbocycles. The standard InChI is InChI=1S/C13H15Cl2NO/c1-12-6-13(17-8-12,7-16(12)2)9-3-4-10(14)11(15)5-9/h3-5H,6-8H2,1-2H3. The topological polar surface area (TPSA) is 12.5 Å². The van der Waals surface area contributed by atoms with Crippen LogP contribution < -0.4 is 0 Å². The molecule has 92 valence electrons. The quantitative estimate of drug-likeness (QED) is 0.777. The molecule has 2 heterocycles. The van der Waals surface area contributed by atoms with Gasteiger partial charge in [-0.2, -0.15) is 0 Å². The largest absolute Gasteiger partial charge is 0.367 e. The zero-order valence-electron chi connectivity index (χ0n) is 9.96. The van der Waals surface area contributed by atoms with Crippen LogP contribution in [0.3, 0.4) is 0 Å². The maximum atomic E-state index is 6.09. The van der Waals surface area contributed by atoms with E-state index in [1.54, 1.807) is 0 Å². The molecule has 4 heteroatoms. The van der Waals surface area contributed by atoms with Crippen LogP contribution in [0.25, 0.3) is 0 Å². The first kappa shape index (κ1) is 11.8. The number of nitrogens with zero attached hydrogens (tertiary/aromatic N) is 1. The van der Waals surface area contributed by atoms with Gasteiger partial charge in [0.1, 0.15) is 5.60 Å². The molecule has 0 radical (unpaired) electrons. The Hall–Kier alpha value is -0.280. The first-order valence-electron chi connectivity index (χ1n) is 5.76. The maximum Gasteiger partial charge on any atom is 0.108 e. The van der Waals surface area contributed by atoms with Gasteiger partial charge in [-0.3, -0.25) is 4.90 Å². The fraction of sp³-hybridized carbons (Fsp3) is 0.538. The van der Waals surface area contributed by atoms with E-state index in [1.807, 2.05) is 18.2 Å². The van der Waals surface area contributed by atoms with Crippen LogP contribution in [0.1, 0.15) is 18.9 Å². The van der Waals surface area contributed by atoms with E-state index in [-0.39, 0.29) is 11.1 Å². The molecule has 3 rings (SSSR count). The van der Waals surface area contributed by atoms with Crippen LogP contribution in [0.2, 0.25) is 10.0 Å².